The molecule has 0 bridgehead atoms. The van der Waals surface area contributed by atoms with Crippen molar-refractivity contribution in [2.24, 2.45) is 0 Å². The fourth-order valence-corrected chi connectivity index (χ4v) is 4.89. The summed E-state index contributed by atoms with van der Waals surface area (Å²) in [7, 11) is 0. The molecular weight excluding hydrogens is 447 g/mol. The number of nitrogens with one attached hydrogen (secondary N) is 2. The normalized spacial score (nSPS) is 20.3. The lowest BCUT2D eigenvalue weighted by atomic mass is 9.90. The molecule has 2 aliphatic rings. The van der Waals surface area contributed by atoms with Gasteiger partial charge in [-0.1, -0.05) is 36.4 Å². The van der Waals surface area contributed by atoms with Gasteiger partial charge in [-0.3, -0.25) is 14.5 Å². The van der Waals surface area contributed by atoms with Gasteiger partial charge in [-0.2, -0.15) is 0 Å². The summed E-state index contributed by atoms with van der Waals surface area (Å²) < 4.78 is 14.0. The lowest BCUT2D eigenvalue weighted by Gasteiger charge is -2.30. The summed E-state index contributed by atoms with van der Waals surface area (Å²) in [5.74, 6) is -1.55. The van der Waals surface area contributed by atoms with Crippen LogP contribution in [-0.4, -0.2) is 42.4 Å². The van der Waals surface area contributed by atoms with E-state index in [0.29, 0.717) is 11.3 Å². The number of fused-ring (bicyclic) bond motifs is 1. The summed E-state index contributed by atoms with van der Waals surface area (Å²) in [6, 6.07) is 17.0. The minimum Gasteiger partial charge on any atom is -0.370 e. The van der Waals surface area contributed by atoms with Gasteiger partial charge >= 0.3 is 6.03 Å². The van der Waals surface area contributed by atoms with Crippen molar-refractivity contribution in [2.45, 2.75) is 31.7 Å². The topological polar surface area (TPSA) is 81.8 Å². The highest BCUT2D eigenvalue weighted by atomic mass is 19.1. The van der Waals surface area contributed by atoms with Gasteiger partial charge in [-0.05, 0) is 66.8 Å². The fraction of sp³-hybridized carbons (Fsp3) is 0.296. The molecule has 2 aliphatic heterocycles. The third-order valence-corrected chi connectivity index (χ3v) is 6.83. The Hall–Kier alpha value is -3.94. The van der Waals surface area contributed by atoms with Crippen molar-refractivity contribution >= 4 is 40.0 Å². The lowest BCUT2D eigenvalue weighted by Crippen LogP contribution is -2.42. The van der Waals surface area contributed by atoms with Gasteiger partial charge in [0.05, 0.1) is 11.4 Å². The van der Waals surface area contributed by atoms with E-state index in [1.165, 1.54) is 12.1 Å². The first-order chi connectivity index (χ1) is 16.8. The van der Waals surface area contributed by atoms with Crippen LogP contribution in [-0.2, 0) is 15.1 Å². The number of amides is 4. The summed E-state index contributed by atoms with van der Waals surface area (Å²) in [6.45, 7) is 2.82. The van der Waals surface area contributed by atoms with E-state index in [1.807, 2.05) is 42.5 Å². The van der Waals surface area contributed by atoms with Crippen LogP contribution >= 0.6 is 0 Å². The molecular formula is C27H27FN4O3. The summed E-state index contributed by atoms with van der Waals surface area (Å²) in [6.07, 6.45) is 3.20. The molecule has 35 heavy (non-hydrogen) atoms. The number of benzene rings is 3. The van der Waals surface area contributed by atoms with Gasteiger partial charge in [0.1, 0.15) is 17.9 Å². The van der Waals surface area contributed by atoms with Crippen LogP contribution in [0.15, 0.2) is 60.7 Å². The first-order valence-electron chi connectivity index (χ1n) is 11.8. The van der Waals surface area contributed by atoms with Crippen LogP contribution in [0.4, 0.5) is 20.6 Å². The minimum atomic E-state index is -1.29. The van der Waals surface area contributed by atoms with Crippen molar-refractivity contribution in [1.82, 2.24) is 10.2 Å². The molecule has 5 rings (SSSR count). The number of imide groups is 1. The molecule has 2 heterocycles. The molecule has 2 saturated heterocycles. The van der Waals surface area contributed by atoms with Gasteiger partial charge in [-0.25, -0.2) is 9.18 Å². The number of carbonyl (C=O) groups is 3. The number of carbonyl (C=O) groups excluding carboxylic acids is 3. The van der Waals surface area contributed by atoms with Crippen LogP contribution in [0.2, 0.25) is 0 Å². The van der Waals surface area contributed by atoms with E-state index < -0.39 is 35.7 Å². The van der Waals surface area contributed by atoms with Crippen LogP contribution in [0.1, 0.15) is 31.7 Å². The number of anilines is 2. The largest absolute Gasteiger partial charge is 0.370 e. The molecule has 4 amide bonds. The fourth-order valence-electron chi connectivity index (χ4n) is 4.89. The number of halogens is 1. The number of urea groups is 1. The SMILES string of the molecule is CC1(c2ccc3ccccc3c2)NC(=O)N(CC(=O)Nc2cc(F)ccc2N2CCCCC2)C1=O. The Morgan fingerprint density at radius 2 is 1.74 bits per heavy atom. The van der Waals surface area contributed by atoms with E-state index in [4.69, 9.17) is 0 Å². The Labute approximate surface area is 202 Å². The van der Waals surface area contributed by atoms with Crippen LogP contribution < -0.4 is 15.5 Å². The van der Waals surface area contributed by atoms with E-state index in [1.54, 1.807) is 13.0 Å². The van der Waals surface area contributed by atoms with Crippen LogP contribution in [0.5, 0.6) is 0 Å². The Bertz CT molecular complexity index is 1320. The van der Waals surface area contributed by atoms with E-state index in [0.717, 1.165) is 53.7 Å². The maximum absolute atomic E-state index is 14.0. The first kappa shape index (κ1) is 22.8. The predicted molar refractivity (Wildman–Crippen MR) is 133 cm³/mol. The molecule has 8 heteroatoms. The number of hydrogen-bond acceptors (Lipinski definition) is 4. The van der Waals surface area contributed by atoms with Crippen molar-refractivity contribution in [1.29, 1.82) is 0 Å². The third kappa shape index (κ3) is 4.32. The highest BCUT2D eigenvalue weighted by Crippen LogP contribution is 2.32. The van der Waals surface area contributed by atoms with Gasteiger partial charge < -0.3 is 15.5 Å². The number of nitrogens with zero attached hydrogens (tertiary/aromatic N) is 2. The van der Waals surface area contributed by atoms with E-state index in [9.17, 15) is 18.8 Å². The van der Waals surface area contributed by atoms with Crippen molar-refractivity contribution in [3.05, 3.63) is 72.0 Å². The quantitative estimate of drug-likeness (QED) is 0.538. The van der Waals surface area contributed by atoms with E-state index >= 15 is 0 Å². The number of rotatable bonds is 5. The molecule has 3 aromatic rings. The van der Waals surface area contributed by atoms with Crippen LogP contribution in [0, 0.1) is 5.82 Å². The molecule has 0 radical (unpaired) electrons. The molecule has 0 aliphatic carbocycles. The summed E-state index contributed by atoms with van der Waals surface area (Å²) in [4.78, 5) is 42.0. The van der Waals surface area contributed by atoms with Gasteiger partial charge in [-0.15, -0.1) is 0 Å². The second-order valence-corrected chi connectivity index (χ2v) is 9.27. The second-order valence-electron chi connectivity index (χ2n) is 9.27. The number of piperidine rings is 1. The van der Waals surface area contributed by atoms with E-state index in [-0.39, 0.29) is 0 Å². The Balaban J connectivity index is 1.34. The minimum absolute atomic E-state index is 0.334. The zero-order valence-corrected chi connectivity index (χ0v) is 19.5. The zero-order chi connectivity index (χ0) is 24.6. The Kier molecular flexibility index (Phi) is 5.88. The van der Waals surface area contributed by atoms with Crippen molar-refractivity contribution in [3.63, 3.8) is 0 Å². The standard InChI is InChI=1S/C27H27FN4O3/c1-27(20-10-9-18-7-3-4-8-19(18)15-20)25(34)32(26(35)30-27)17-24(33)29-22-16-21(28)11-12-23(22)31-13-5-2-6-14-31/h3-4,7-12,15-16H,2,5-6,13-14,17H2,1H3,(H,29,33)(H,30,35). The van der Waals surface area contributed by atoms with Crippen molar-refractivity contribution in [3.8, 4) is 0 Å². The second kappa shape index (κ2) is 9.02. The average Bonchev–Trinajstić information content (AvgIpc) is 3.08. The summed E-state index contributed by atoms with van der Waals surface area (Å²) in [5.41, 5.74) is 0.410. The van der Waals surface area contributed by atoms with Crippen LogP contribution in [0.3, 0.4) is 0 Å². The Morgan fingerprint density at radius 1 is 1.00 bits per heavy atom. The molecule has 1 atom stereocenters. The van der Waals surface area contributed by atoms with Crippen molar-refractivity contribution < 1.29 is 18.8 Å². The highest BCUT2D eigenvalue weighted by molar-refractivity contribution is 6.10. The maximum atomic E-state index is 14.0. The van der Waals surface area contributed by atoms with Gasteiger partial charge in [0.15, 0.2) is 0 Å². The molecule has 1 unspecified atom stereocenters. The summed E-state index contributed by atoms with van der Waals surface area (Å²) >= 11 is 0. The van der Waals surface area contributed by atoms with Gasteiger partial charge in [0, 0.05) is 13.1 Å². The molecule has 2 N–H and O–H groups in total. The molecule has 2 fully saturated rings. The predicted octanol–water partition coefficient (Wildman–Crippen LogP) is 4.37. The lowest BCUT2D eigenvalue weighted by molar-refractivity contribution is -0.133. The summed E-state index contributed by atoms with van der Waals surface area (Å²) in [5, 5.41) is 7.42. The average molecular weight is 475 g/mol. The van der Waals surface area contributed by atoms with Gasteiger partial charge in [0.25, 0.3) is 5.91 Å². The van der Waals surface area contributed by atoms with Gasteiger partial charge in [0.2, 0.25) is 5.91 Å². The highest BCUT2D eigenvalue weighted by Gasteiger charge is 2.49. The third-order valence-electron chi connectivity index (χ3n) is 6.83. The monoisotopic (exact) mass is 474 g/mol. The molecule has 180 valence electrons. The van der Waals surface area contributed by atoms with Crippen LogP contribution in [0.25, 0.3) is 10.8 Å². The Morgan fingerprint density at radius 3 is 2.51 bits per heavy atom. The van der Waals surface area contributed by atoms with E-state index in [2.05, 4.69) is 15.5 Å². The molecule has 3 aromatic carbocycles. The maximum Gasteiger partial charge on any atom is 0.325 e. The molecule has 7 nitrogen and oxygen atoms in total. The smallest absolute Gasteiger partial charge is 0.325 e. The molecule has 0 saturated carbocycles. The van der Waals surface area contributed by atoms with Crippen molar-refractivity contribution in [2.75, 3.05) is 29.9 Å². The number of hydrogen-bond donors (Lipinski definition) is 2. The zero-order valence-electron chi connectivity index (χ0n) is 19.5. The first-order valence-corrected chi connectivity index (χ1v) is 11.8. The molecule has 0 aromatic heterocycles. The molecule has 0 spiro atoms.